The molecule has 0 bridgehead atoms. The average molecular weight is 218 g/mol. The first kappa shape index (κ1) is 10.7. The average Bonchev–Trinajstić information content (AvgIpc) is 2.78. The summed E-state index contributed by atoms with van der Waals surface area (Å²) in [6, 6.07) is 9.84. The van der Waals surface area contributed by atoms with E-state index in [0.29, 0.717) is 18.7 Å². The van der Waals surface area contributed by atoms with Gasteiger partial charge in [-0.2, -0.15) is 0 Å². The number of esters is 1. The number of benzene rings is 1. The molecule has 1 aromatic carbocycles. The molecule has 0 amide bonds. The fraction of sp³-hybridized carbons (Fsp3) is 0.333. The molecule has 0 aliphatic carbocycles. The Hall–Kier alpha value is -1.84. The molecule has 2 rings (SSSR count). The SMILES string of the molecule is CCC(=O)OC1=NN(c2ccccc2)CC1. The molecule has 16 heavy (non-hydrogen) atoms. The number of hydrogen-bond donors (Lipinski definition) is 0. The maximum Gasteiger partial charge on any atom is 0.312 e. The van der Waals surface area contributed by atoms with E-state index in [9.17, 15) is 4.79 Å². The van der Waals surface area contributed by atoms with Crippen LogP contribution in [0.15, 0.2) is 35.4 Å². The zero-order valence-corrected chi connectivity index (χ0v) is 9.22. The van der Waals surface area contributed by atoms with Crippen LogP contribution in [0.2, 0.25) is 0 Å². The Kier molecular flexibility index (Phi) is 3.19. The van der Waals surface area contributed by atoms with Gasteiger partial charge in [0.25, 0.3) is 0 Å². The monoisotopic (exact) mass is 218 g/mol. The minimum absolute atomic E-state index is 0.228. The molecule has 0 N–H and O–H groups in total. The van der Waals surface area contributed by atoms with Crippen LogP contribution in [0, 0.1) is 0 Å². The minimum Gasteiger partial charge on any atom is -0.410 e. The summed E-state index contributed by atoms with van der Waals surface area (Å²) in [7, 11) is 0. The molecule has 0 unspecified atom stereocenters. The summed E-state index contributed by atoms with van der Waals surface area (Å²) >= 11 is 0. The van der Waals surface area contributed by atoms with Crippen molar-refractivity contribution in [3.05, 3.63) is 30.3 Å². The molecule has 1 aromatic rings. The van der Waals surface area contributed by atoms with Gasteiger partial charge in [0.15, 0.2) is 0 Å². The van der Waals surface area contributed by atoms with Crippen LogP contribution in [0.4, 0.5) is 5.69 Å². The highest BCUT2D eigenvalue weighted by molar-refractivity contribution is 5.90. The lowest BCUT2D eigenvalue weighted by Crippen LogP contribution is -2.11. The lowest BCUT2D eigenvalue weighted by Gasteiger charge is -2.11. The number of ether oxygens (including phenoxy) is 1. The molecule has 1 heterocycles. The number of carbonyl (C=O) groups excluding carboxylic acids is 1. The molecule has 0 aromatic heterocycles. The van der Waals surface area contributed by atoms with Gasteiger partial charge >= 0.3 is 5.97 Å². The van der Waals surface area contributed by atoms with Gasteiger partial charge in [-0.15, -0.1) is 5.10 Å². The second-order valence-corrected chi connectivity index (χ2v) is 3.53. The molecular weight excluding hydrogens is 204 g/mol. The summed E-state index contributed by atoms with van der Waals surface area (Å²) in [5.74, 6) is 0.282. The van der Waals surface area contributed by atoms with Crippen LogP contribution in [0.25, 0.3) is 0 Å². The first-order valence-corrected chi connectivity index (χ1v) is 5.40. The number of rotatable bonds is 2. The van der Waals surface area contributed by atoms with Crippen molar-refractivity contribution in [1.29, 1.82) is 0 Å². The van der Waals surface area contributed by atoms with Crippen molar-refractivity contribution in [2.75, 3.05) is 11.6 Å². The summed E-state index contributed by atoms with van der Waals surface area (Å²) in [4.78, 5) is 11.1. The van der Waals surface area contributed by atoms with E-state index >= 15 is 0 Å². The van der Waals surface area contributed by atoms with Gasteiger partial charge in [-0.05, 0) is 12.1 Å². The molecule has 0 saturated heterocycles. The van der Waals surface area contributed by atoms with Crippen LogP contribution in [0.5, 0.6) is 0 Å². The van der Waals surface area contributed by atoms with Gasteiger partial charge in [-0.1, -0.05) is 25.1 Å². The van der Waals surface area contributed by atoms with Crippen molar-refractivity contribution in [3.8, 4) is 0 Å². The van der Waals surface area contributed by atoms with Crippen LogP contribution in [0.1, 0.15) is 19.8 Å². The molecule has 1 aliphatic rings. The first-order valence-electron chi connectivity index (χ1n) is 5.40. The van der Waals surface area contributed by atoms with E-state index < -0.39 is 0 Å². The summed E-state index contributed by atoms with van der Waals surface area (Å²) in [6.07, 6.45) is 1.06. The number of anilines is 1. The quantitative estimate of drug-likeness (QED) is 0.714. The van der Waals surface area contributed by atoms with Gasteiger partial charge in [0.1, 0.15) is 0 Å². The van der Waals surface area contributed by atoms with Gasteiger partial charge in [0.2, 0.25) is 5.90 Å². The van der Waals surface area contributed by atoms with Crippen LogP contribution >= 0.6 is 0 Å². The fourth-order valence-corrected chi connectivity index (χ4v) is 1.50. The normalized spacial score (nSPS) is 14.8. The predicted molar refractivity (Wildman–Crippen MR) is 62.2 cm³/mol. The Morgan fingerprint density at radius 2 is 2.19 bits per heavy atom. The first-order chi connectivity index (χ1) is 7.79. The number of carbonyl (C=O) groups is 1. The molecule has 4 nitrogen and oxygen atoms in total. The number of hydrazone groups is 1. The maximum absolute atomic E-state index is 11.1. The highest BCUT2D eigenvalue weighted by Crippen LogP contribution is 2.18. The number of para-hydroxylation sites is 1. The van der Waals surface area contributed by atoms with Gasteiger partial charge in [0.05, 0.1) is 12.2 Å². The van der Waals surface area contributed by atoms with E-state index in [1.54, 1.807) is 6.92 Å². The standard InChI is InChI=1S/C12H14N2O2/c1-2-12(15)16-11-8-9-14(13-11)10-6-4-3-5-7-10/h3-7H,2,8-9H2,1H3. The second-order valence-electron chi connectivity index (χ2n) is 3.53. The van der Waals surface area contributed by atoms with Crippen molar-refractivity contribution in [2.45, 2.75) is 19.8 Å². The molecule has 4 heteroatoms. The summed E-state index contributed by atoms with van der Waals surface area (Å²) in [6.45, 7) is 2.53. The van der Waals surface area contributed by atoms with E-state index in [1.165, 1.54) is 0 Å². The van der Waals surface area contributed by atoms with Gasteiger partial charge in [-0.3, -0.25) is 9.80 Å². The second kappa shape index (κ2) is 4.79. The fourth-order valence-electron chi connectivity index (χ4n) is 1.50. The smallest absolute Gasteiger partial charge is 0.312 e. The van der Waals surface area contributed by atoms with E-state index in [4.69, 9.17) is 4.74 Å². The molecular formula is C12H14N2O2. The Bertz CT molecular complexity index is 401. The van der Waals surface area contributed by atoms with Gasteiger partial charge in [-0.25, -0.2) is 0 Å². The van der Waals surface area contributed by atoms with Crippen LogP contribution in [-0.4, -0.2) is 18.4 Å². The Labute approximate surface area is 94.5 Å². The van der Waals surface area contributed by atoms with Crippen molar-refractivity contribution >= 4 is 17.6 Å². The maximum atomic E-state index is 11.1. The van der Waals surface area contributed by atoms with Crippen molar-refractivity contribution in [2.24, 2.45) is 5.10 Å². The highest BCUT2D eigenvalue weighted by Gasteiger charge is 2.18. The van der Waals surface area contributed by atoms with Crippen molar-refractivity contribution in [1.82, 2.24) is 0 Å². The minimum atomic E-state index is -0.228. The molecule has 84 valence electrons. The molecule has 0 atom stereocenters. The van der Waals surface area contributed by atoms with Crippen LogP contribution in [-0.2, 0) is 9.53 Å². The lowest BCUT2D eigenvalue weighted by atomic mass is 10.3. The van der Waals surface area contributed by atoms with E-state index in [-0.39, 0.29) is 5.97 Å². The number of nitrogens with zero attached hydrogens (tertiary/aromatic N) is 2. The zero-order chi connectivity index (χ0) is 11.4. The summed E-state index contributed by atoms with van der Waals surface area (Å²) in [5.41, 5.74) is 1.02. The number of hydrogen-bond acceptors (Lipinski definition) is 4. The van der Waals surface area contributed by atoms with Crippen molar-refractivity contribution < 1.29 is 9.53 Å². The largest absolute Gasteiger partial charge is 0.410 e. The van der Waals surface area contributed by atoms with E-state index in [2.05, 4.69) is 5.10 Å². The van der Waals surface area contributed by atoms with Crippen LogP contribution < -0.4 is 5.01 Å². The topological polar surface area (TPSA) is 41.9 Å². The van der Waals surface area contributed by atoms with E-state index in [0.717, 1.165) is 12.2 Å². The van der Waals surface area contributed by atoms with E-state index in [1.807, 2.05) is 35.3 Å². The van der Waals surface area contributed by atoms with Crippen molar-refractivity contribution in [3.63, 3.8) is 0 Å². The Morgan fingerprint density at radius 1 is 1.44 bits per heavy atom. The Morgan fingerprint density at radius 3 is 2.88 bits per heavy atom. The molecule has 0 saturated carbocycles. The van der Waals surface area contributed by atoms with Gasteiger partial charge in [0, 0.05) is 12.8 Å². The third-order valence-corrected chi connectivity index (χ3v) is 2.34. The zero-order valence-electron chi connectivity index (χ0n) is 9.22. The third kappa shape index (κ3) is 2.39. The summed E-state index contributed by atoms with van der Waals surface area (Å²) < 4.78 is 5.08. The lowest BCUT2D eigenvalue weighted by molar-refractivity contribution is -0.135. The highest BCUT2D eigenvalue weighted by atomic mass is 16.5. The molecule has 0 spiro atoms. The predicted octanol–water partition coefficient (Wildman–Crippen LogP) is 2.16. The molecule has 0 radical (unpaired) electrons. The van der Waals surface area contributed by atoms with Crippen LogP contribution in [0.3, 0.4) is 0 Å². The molecule has 1 aliphatic heterocycles. The van der Waals surface area contributed by atoms with Gasteiger partial charge < -0.3 is 4.74 Å². The summed E-state index contributed by atoms with van der Waals surface area (Å²) in [5, 5.41) is 6.10. The molecule has 0 fully saturated rings. The Balaban J connectivity index is 2.03. The third-order valence-electron chi connectivity index (χ3n) is 2.34.